The van der Waals surface area contributed by atoms with Gasteiger partial charge in [0.15, 0.2) is 0 Å². The van der Waals surface area contributed by atoms with Gasteiger partial charge in [-0.25, -0.2) is 0 Å². The van der Waals surface area contributed by atoms with Crippen LogP contribution in [-0.4, -0.2) is 33.4 Å². The minimum atomic E-state index is -0.720. The van der Waals surface area contributed by atoms with Gasteiger partial charge in [-0.1, -0.05) is 6.07 Å². The molecule has 0 bridgehead atoms. The van der Waals surface area contributed by atoms with Crippen molar-refractivity contribution in [1.29, 1.82) is 0 Å². The summed E-state index contributed by atoms with van der Waals surface area (Å²) < 4.78 is 15.8. The molecule has 4 heteroatoms. The molecule has 0 atom stereocenters. The summed E-state index contributed by atoms with van der Waals surface area (Å²) in [5, 5.41) is 0. The third-order valence-electron chi connectivity index (χ3n) is 3.94. The molecule has 0 spiro atoms. The van der Waals surface area contributed by atoms with Crippen molar-refractivity contribution < 1.29 is 19.0 Å². The first kappa shape index (κ1) is 13.9. The molecule has 0 radical (unpaired) electrons. The Labute approximate surface area is 113 Å². The number of aryl methyl sites for hydroxylation is 2. The van der Waals surface area contributed by atoms with Gasteiger partial charge in [0, 0.05) is 5.56 Å². The molecule has 0 N–H and O–H groups in total. The summed E-state index contributed by atoms with van der Waals surface area (Å²) in [5.41, 5.74) is 3.42. The fourth-order valence-corrected chi connectivity index (χ4v) is 2.77. The first-order chi connectivity index (χ1) is 8.97. The second-order valence-corrected chi connectivity index (χ2v) is 5.11. The largest absolute Gasteiger partial charge is 0.496 e. The van der Waals surface area contributed by atoms with E-state index in [2.05, 4.69) is 6.07 Å². The minimum Gasteiger partial charge on any atom is -0.496 e. The molecule has 4 nitrogen and oxygen atoms in total. The molecule has 1 saturated heterocycles. The summed E-state index contributed by atoms with van der Waals surface area (Å²) in [4.78, 5) is 12.2. The summed E-state index contributed by atoms with van der Waals surface area (Å²) in [6.07, 6.45) is 0. The van der Waals surface area contributed by atoms with Gasteiger partial charge >= 0.3 is 5.97 Å². The maximum atomic E-state index is 12.2. The van der Waals surface area contributed by atoms with E-state index < -0.39 is 5.41 Å². The van der Waals surface area contributed by atoms with Gasteiger partial charge in [0.05, 0.1) is 27.4 Å². The zero-order chi connectivity index (χ0) is 14.2. The smallest absolute Gasteiger partial charge is 0.321 e. The van der Waals surface area contributed by atoms with Crippen molar-refractivity contribution in [2.24, 2.45) is 0 Å². The highest BCUT2D eigenvalue weighted by atomic mass is 16.5. The van der Waals surface area contributed by atoms with Gasteiger partial charge in [-0.05, 0) is 37.5 Å². The van der Waals surface area contributed by atoms with Gasteiger partial charge in [0.2, 0.25) is 0 Å². The van der Waals surface area contributed by atoms with E-state index in [1.807, 2.05) is 20.8 Å². The van der Waals surface area contributed by atoms with E-state index in [1.165, 1.54) is 7.11 Å². The fraction of sp³-hybridized carbons (Fsp3) is 0.533. The van der Waals surface area contributed by atoms with E-state index in [1.54, 1.807) is 7.11 Å². The van der Waals surface area contributed by atoms with Crippen LogP contribution >= 0.6 is 0 Å². The van der Waals surface area contributed by atoms with Crippen LogP contribution in [0.4, 0.5) is 0 Å². The molecule has 1 aromatic carbocycles. The van der Waals surface area contributed by atoms with Gasteiger partial charge in [0.1, 0.15) is 11.2 Å². The van der Waals surface area contributed by atoms with Crippen molar-refractivity contribution >= 4 is 5.97 Å². The molecule has 0 saturated carbocycles. The average Bonchev–Trinajstić information content (AvgIpc) is 2.34. The maximum absolute atomic E-state index is 12.2. The summed E-state index contributed by atoms with van der Waals surface area (Å²) in [7, 11) is 3.04. The van der Waals surface area contributed by atoms with Crippen LogP contribution in [0.25, 0.3) is 0 Å². The molecule has 19 heavy (non-hydrogen) atoms. The number of esters is 1. The number of hydrogen-bond acceptors (Lipinski definition) is 4. The maximum Gasteiger partial charge on any atom is 0.321 e. The van der Waals surface area contributed by atoms with E-state index in [4.69, 9.17) is 14.2 Å². The zero-order valence-electron chi connectivity index (χ0n) is 12.1. The first-order valence-corrected chi connectivity index (χ1v) is 6.29. The molecule has 0 aromatic heterocycles. The summed E-state index contributed by atoms with van der Waals surface area (Å²) in [5.74, 6) is 0.509. The van der Waals surface area contributed by atoms with Crippen LogP contribution in [0.2, 0.25) is 0 Å². The number of carbonyl (C=O) groups is 1. The normalized spacial score (nSPS) is 16.7. The van der Waals surface area contributed by atoms with Crippen LogP contribution in [0, 0.1) is 20.8 Å². The third-order valence-corrected chi connectivity index (χ3v) is 3.94. The van der Waals surface area contributed by atoms with Crippen molar-refractivity contribution in [3.8, 4) is 5.75 Å². The van der Waals surface area contributed by atoms with E-state index in [0.717, 1.165) is 28.0 Å². The van der Waals surface area contributed by atoms with Crippen LogP contribution < -0.4 is 4.74 Å². The summed E-state index contributed by atoms with van der Waals surface area (Å²) in [6, 6.07) is 2.08. The molecule has 2 rings (SSSR count). The Morgan fingerprint density at radius 2 is 1.84 bits per heavy atom. The Balaban J connectivity index is 2.67. The van der Waals surface area contributed by atoms with Crippen LogP contribution in [0.5, 0.6) is 5.75 Å². The number of ether oxygens (including phenoxy) is 3. The minimum absolute atomic E-state index is 0.261. The lowest BCUT2D eigenvalue weighted by Crippen LogP contribution is -2.54. The highest BCUT2D eigenvalue weighted by Crippen LogP contribution is 2.43. The van der Waals surface area contributed by atoms with E-state index >= 15 is 0 Å². The Morgan fingerprint density at radius 3 is 2.26 bits per heavy atom. The zero-order valence-corrected chi connectivity index (χ0v) is 12.1. The number of hydrogen-bond donors (Lipinski definition) is 0. The second-order valence-electron chi connectivity index (χ2n) is 5.11. The Bertz CT molecular complexity index is 515. The Hall–Kier alpha value is -1.55. The van der Waals surface area contributed by atoms with E-state index in [9.17, 15) is 4.79 Å². The van der Waals surface area contributed by atoms with Crippen molar-refractivity contribution in [3.63, 3.8) is 0 Å². The van der Waals surface area contributed by atoms with Gasteiger partial charge in [-0.3, -0.25) is 4.79 Å². The summed E-state index contributed by atoms with van der Waals surface area (Å²) >= 11 is 0. The monoisotopic (exact) mass is 264 g/mol. The lowest BCUT2D eigenvalue weighted by Gasteiger charge is -2.41. The molecule has 1 aliphatic heterocycles. The van der Waals surface area contributed by atoms with Crippen molar-refractivity contribution in [2.75, 3.05) is 27.4 Å². The van der Waals surface area contributed by atoms with Crippen molar-refractivity contribution in [3.05, 3.63) is 28.3 Å². The van der Waals surface area contributed by atoms with Crippen LogP contribution in [0.15, 0.2) is 6.07 Å². The molecule has 0 unspecified atom stereocenters. The number of methoxy groups -OCH3 is 2. The van der Waals surface area contributed by atoms with Crippen LogP contribution in [0.3, 0.4) is 0 Å². The third kappa shape index (κ3) is 1.91. The number of benzene rings is 1. The lowest BCUT2D eigenvalue weighted by molar-refractivity contribution is -0.167. The number of carbonyl (C=O) groups excluding carboxylic acids is 1. The Morgan fingerprint density at radius 1 is 1.21 bits per heavy atom. The van der Waals surface area contributed by atoms with Crippen molar-refractivity contribution in [1.82, 2.24) is 0 Å². The molecule has 1 fully saturated rings. The highest BCUT2D eigenvalue weighted by molar-refractivity contribution is 5.86. The molecule has 0 amide bonds. The van der Waals surface area contributed by atoms with Gasteiger partial charge in [-0.2, -0.15) is 0 Å². The molecular formula is C15H20O4. The van der Waals surface area contributed by atoms with Crippen LogP contribution in [0.1, 0.15) is 22.3 Å². The lowest BCUT2D eigenvalue weighted by atomic mass is 9.75. The second kappa shape index (κ2) is 4.85. The molecular weight excluding hydrogens is 244 g/mol. The quantitative estimate of drug-likeness (QED) is 0.784. The highest BCUT2D eigenvalue weighted by Gasteiger charge is 2.51. The standard InChI is InChI=1S/C15H20O4/c1-9-6-10(2)12(13(17-4)11(9)3)15(7-19-8-15)14(16)18-5/h6H,7-8H2,1-5H3. The van der Waals surface area contributed by atoms with Crippen LogP contribution in [-0.2, 0) is 19.7 Å². The van der Waals surface area contributed by atoms with Gasteiger partial charge < -0.3 is 14.2 Å². The summed E-state index contributed by atoms with van der Waals surface area (Å²) in [6.45, 7) is 6.73. The van der Waals surface area contributed by atoms with Crippen molar-refractivity contribution in [2.45, 2.75) is 26.2 Å². The predicted octanol–water partition coefficient (Wildman–Crippen LogP) is 2.06. The number of rotatable bonds is 3. The van der Waals surface area contributed by atoms with Gasteiger partial charge in [0.25, 0.3) is 0 Å². The molecule has 0 aliphatic carbocycles. The Kier molecular flexibility index (Phi) is 3.54. The first-order valence-electron chi connectivity index (χ1n) is 6.29. The topological polar surface area (TPSA) is 44.8 Å². The molecule has 1 aliphatic rings. The molecule has 104 valence electrons. The predicted molar refractivity (Wildman–Crippen MR) is 71.7 cm³/mol. The molecule has 1 heterocycles. The average molecular weight is 264 g/mol. The fourth-order valence-electron chi connectivity index (χ4n) is 2.77. The van der Waals surface area contributed by atoms with E-state index in [-0.39, 0.29) is 5.97 Å². The SMILES string of the molecule is COC(=O)C1(c2c(C)cc(C)c(C)c2OC)COC1. The van der Waals surface area contributed by atoms with E-state index in [0.29, 0.717) is 13.2 Å². The molecule has 1 aromatic rings. The van der Waals surface area contributed by atoms with Gasteiger partial charge in [-0.15, -0.1) is 0 Å².